The number of thiazole rings is 1. The van der Waals surface area contributed by atoms with Gasteiger partial charge in [0.05, 0.1) is 12.1 Å². The summed E-state index contributed by atoms with van der Waals surface area (Å²) in [5.74, 6) is 0.454. The Labute approximate surface area is 162 Å². The number of amides is 1. The third kappa shape index (κ3) is 3.78. The van der Waals surface area contributed by atoms with E-state index in [1.54, 1.807) is 11.3 Å². The number of imidazole rings is 1. The van der Waals surface area contributed by atoms with Gasteiger partial charge in [-0.3, -0.25) is 9.20 Å². The molecule has 0 bridgehead atoms. The van der Waals surface area contributed by atoms with E-state index in [9.17, 15) is 4.79 Å². The number of hydrogen-bond donors (Lipinski definition) is 1. The Kier molecular flexibility index (Phi) is 4.77. The fourth-order valence-electron chi connectivity index (χ4n) is 3.03. The Hall–Kier alpha value is -2.92. The number of fused-ring (bicyclic) bond motifs is 1. The summed E-state index contributed by atoms with van der Waals surface area (Å²) < 4.78 is 2.01. The van der Waals surface area contributed by atoms with Gasteiger partial charge in [0.25, 0.3) is 0 Å². The zero-order valence-corrected chi connectivity index (χ0v) is 16.2. The largest absolute Gasteiger partial charge is 0.326 e. The number of carbonyl (C=O) groups is 1. The number of hydrogen-bond acceptors (Lipinski definition) is 3. The second kappa shape index (κ2) is 7.37. The molecule has 0 atom stereocenters. The van der Waals surface area contributed by atoms with E-state index in [4.69, 9.17) is 0 Å². The van der Waals surface area contributed by atoms with Crippen LogP contribution in [0.1, 0.15) is 31.0 Å². The first-order valence-electron chi connectivity index (χ1n) is 9.01. The molecule has 2 aromatic heterocycles. The van der Waals surface area contributed by atoms with Crippen molar-refractivity contribution >= 4 is 27.9 Å². The predicted octanol–water partition coefficient (Wildman–Crippen LogP) is 5.37. The van der Waals surface area contributed by atoms with E-state index in [1.165, 1.54) is 5.56 Å². The quantitative estimate of drug-likeness (QED) is 0.510. The molecular weight excluding hydrogens is 354 g/mol. The number of anilines is 1. The van der Waals surface area contributed by atoms with Crippen molar-refractivity contribution in [3.8, 4) is 11.3 Å². The molecule has 0 radical (unpaired) electrons. The zero-order valence-electron chi connectivity index (χ0n) is 15.3. The maximum absolute atomic E-state index is 12.5. The van der Waals surface area contributed by atoms with E-state index in [2.05, 4.69) is 36.3 Å². The van der Waals surface area contributed by atoms with Gasteiger partial charge >= 0.3 is 0 Å². The summed E-state index contributed by atoms with van der Waals surface area (Å²) in [4.78, 5) is 18.1. The highest BCUT2D eigenvalue weighted by Crippen LogP contribution is 2.24. The molecule has 0 unspecified atom stereocenters. The molecule has 4 nitrogen and oxygen atoms in total. The van der Waals surface area contributed by atoms with E-state index in [1.807, 2.05) is 58.4 Å². The molecule has 0 saturated heterocycles. The highest BCUT2D eigenvalue weighted by atomic mass is 32.1. The van der Waals surface area contributed by atoms with Gasteiger partial charge in [0, 0.05) is 28.5 Å². The summed E-state index contributed by atoms with van der Waals surface area (Å²) in [5, 5.41) is 4.98. The van der Waals surface area contributed by atoms with Crippen LogP contribution in [0.3, 0.4) is 0 Å². The lowest BCUT2D eigenvalue weighted by molar-refractivity contribution is -0.115. The number of benzene rings is 2. The van der Waals surface area contributed by atoms with Gasteiger partial charge in [0.2, 0.25) is 5.91 Å². The SMILES string of the molecule is CC(C)c1ccc(NC(=O)Cc2csc3nc(-c4ccccc4)cn23)cc1. The Bertz CT molecular complexity index is 1060. The molecule has 0 aliphatic carbocycles. The van der Waals surface area contributed by atoms with Crippen molar-refractivity contribution in [2.45, 2.75) is 26.2 Å². The normalized spacial score (nSPS) is 11.2. The van der Waals surface area contributed by atoms with Crippen LogP contribution in [0.25, 0.3) is 16.2 Å². The maximum Gasteiger partial charge on any atom is 0.230 e. The molecule has 0 spiro atoms. The standard InChI is InChI=1S/C22H21N3OS/c1-15(2)16-8-10-18(11-9-16)23-21(26)12-19-14-27-22-24-20(13-25(19)22)17-6-4-3-5-7-17/h3-11,13-15H,12H2,1-2H3,(H,23,26). The Balaban J connectivity index is 1.49. The van der Waals surface area contributed by atoms with Crippen LogP contribution in [0.15, 0.2) is 66.2 Å². The van der Waals surface area contributed by atoms with E-state index in [0.717, 1.165) is 27.6 Å². The Morgan fingerprint density at radius 2 is 1.85 bits per heavy atom. The second-order valence-electron chi connectivity index (χ2n) is 6.87. The van der Waals surface area contributed by atoms with E-state index < -0.39 is 0 Å². The summed E-state index contributed by atoms with van der Waals surface area (Å²) in [7, 11) is 0. The van der Waals surface area contributed by atoms with Crippen LogP contribution in [0.4, 0.5) is 5.69 Å². The molecule has 5 heteroatoms. The molecule has 0 aliphatic rings. The lowest BCUT2D eigenvalue weighted by atomic mass is 10.0. The Morgan fingerprint density at radius 3 is 2.56 bits per heavy atom. The highest BCUT2D eigenvalue weighted by molar-refractivity contribution is 7.15. The van der Waals surface area contributed by atoms with Gasteiger partial charge in [-0.25, -0.2) is 4.98 Å². The maximum atomic E-state index is 12.5. The average Bonchev–Trinajstić information content (AvgIpc) is 3.25. The van der Waals surface area contributed by atoms with Crippen molar-refractivity contribution in [3.05, 3.63) is 77.4 Å². The topological polar surface area (TPSA) is 46.4 Å². The second-order valence-corrected chi connectivity index (χ2v) is 7.71. The minimum Gasteiger partial charge on any atom is -0.326 e. The van der Waals surface area contributed by atoms with Gasteiger partial charge in [-0.05, 0) is 23.6 Å². The lowest BCUT2D eigenvalue weighted by Gasteiger charge is -2.08. The molecule has 0 aliphatic heterocycles. The molecule has 0 fully saturated rings. The first-order valence-corrected chi connectivity index (χ1v) is 9.89. The minimum absolute atomic E-state index is 0.0260. The molecule has 1 N–H and O–H groups in total. The number of aromatic nitrogens is 2. The predicted molar refractivity (Wildman–Crippen MR) is 111 cm³/mol. The van der Waals surface area contributed by atoms with Crippen molar-refractivity contribution in [2.75, 3.05) is 5.32 Å². The first kappa shape index (κ1) is 17.5. The van der Waals surface area contributed by atoms with Crippen LogP contribution < -0.4 is 5.32 Å². The van der Waals surface area contributed by atoms with Crippen LogP contribution >= 0.6 is 11.3 Å². The third-order valence-corrected chi connectivity index (χ3v) is 5.44. The van der Waals surface area contributed by atoms with Gasteiger partial charge < -0.3 is 5.32 Å². The van der Waals surface area contributed by atoms with Gasteiger partial charge in [0.15, 0.2) is 4.96 Å². The Morgan fingerprint density at radius 1 is 1.11 bits per heavy atom. The first-order chi connectivity index (χ1) is 13.1. The van der Waals surface area contributed by atoms with E-state index in [-0.39, 0.29) is 5.91 Å². The summed E-state index contributed by atoms with van der Waals surface area (Å²) in [5.41, 5.74) is 5.04. The zero-order chi connectivity index (χ0) is 18.8. The van der Waals surface area contributed by atoms with Gasteiger partial charge in [-0.15, -0.1) is 11.3 Å². The lowest BCUT2D eigenvalue weighted by Crippen LogP contribution is -2.15. The van der Waals surface area contributed by atoms with Crippen molar-refractivity contribution in [3.63, 3.8) is 0 Å². The third-order valence-electron chi connectivity index (χ3n) is 4.56. The van der Waals surface area contributed by atoms with Crippen LogP contribution in [0, 0.1) is 0 Å². The minimum atomic E-state index is -0.0260. The fraction of sp³-hybridized carbons (Fsp3) is 0.182. The van der Waals surface area contributed by atoms with Crippen LogP contribution in [-0.4, -0.2) is 15.3 Å². The molecule has 27 heavy (non-hydrogen) atoms. The molecule has 0 saturated carbocycles. The molecule has 4 aromatic rings. The molecule has 136 valence electrons. The summed E-state index contributed by atoms with van der Waals surface area (Å²) >= 11 is 1.55. The van der Waals surface area contributed by atoms with Crippen molar-refractivity contribution in [2.24, 2.45) is 0 Å². The van der Waals surface area contributed by atoms with Crippen molar-refractivity contribution < 1.29 is 4.79 Å². The summed E-state index contributed by atoms with van der Waals surface area (Å²) in [6.45, 7) is 4.31. The molecule has 1 amide bonds. The monoisotopic (exact) mass is 375 g/mol. The van der Waals surface area contributed by atoms with Gasteiger partial charge in [-0.1, -0.05) is 56.3 Å². The van der Waals surface area contributed by atoms with Gasteiger partial charge in [0.1, 0.15) is 0 Å². The molecule has 4 rings (SSSR count). The summed E-state index contributed by atoms with van der Waals surface area (Å²) in [6.07, 6.45) is 2.32. The number of carbonyl (C=O) groups excluding carboxylic acids is 1. The number of nitrogens with zero attached hydrogens (tertiary/aromatic N) is 2. The molecular formula is C22H21N3OS. The fourth-order valence-corrected chi connectivity index (χ4v) is 3.90. The summed E-state index contributed by atoms with van der Waals surface area (Å²) in [6, 6.07) is 18.1. The van der Waals surface area contributed by atoms with E-state index in [0.29, 0.717) is 12.3 Å². The number of nitrogens with one attached hydrogen (secondary N) is 1. The molecule has 2 aromatic carbocycles. The van der Waals surface area contributed by atoms with E-state index >= 15 is 0 Å². The van der Waals surface area contributed by atoms with Crippen LogP contribution in [0.5, 0.6) is 0 Å². The van der Waals surface area contributed by atoms with Crippen molar-refractivity contribution in [1.29, 1.82) is 0 Å². The highest BCUT2D eigenvalue weighted by Gasteiger charge is 2.13. The number of rotatable bonds is 5. The van der Waals surface area contributed by atoms with Gasteiger partial charge in [-0.2, -0.15) is 0 Å². The van der Waals surface area contributed by atoms with Crippen LogP contribution in [0.2, 0.25) is 0 Å². The smallest absolute Gasteiger partial charge is 0.230 e. The average molecular weight is 375 g/mol. The van der Waals surface area contributed by atoms with Crippen LogP contribution in [-0.2, 0) is 11.2 Å². The van der Waals surface area contributed by atoms with Crippen molar-refractivity contribution in [1.82, 2.24) is 9.38 Å². The molecule has 2 heterocycles.